The van der Waals surface area contributed by atoms with E-state index >= 15 is 0 Å². The van der Waals surface area contributed by atoms with Crippen molar-refractivity contribution in [1.82, 2.24) is 0 Å². The third kappa shape index (κ3) is 4.75. The minimum absolute atomic E-state index is 0.0137. The van der Waals surface area contributed by atoms with E-state index in [9.17, 15) is 24.9 Å². The SMILES string of the molecule is CC(=O)O[C@H]1C2=C([C@H](O)C[C@]3(C)[C@@H](C(C)CCCC(C)C)CC[C@@H]23)[C@@]2(C)CC[C@H](O)C[C@]2(O)[C@H]1OC(C)=O. The summed E-state index contributed by atoms with van der Waals surface area (Å²) < 4.78 is 11.7. The lowest BCUT2D eigenvalue weighted by atomic mass is 9.46. The van der Waals surface area contributed by atoms with Gasteiger partial charge >= 0.3 is 11.9 Å². The zero-order valence-electron chi connectivity index (χ0n) is 24.5. The molecular formula is C31H50O7. The summed E-state index contributed by atoms with van der Waals surface area (Å²) in [5.74, 6) is 0.534. The number of aliphatic hydroxyl groups is 3. The highest BCUT2D eigenvalue weighted by Crippen LogP contribution is 2.67. The Kier molecular flexibility index (Phi) is 8.17. The summed E-state index contributed by atoms with van der Waals surface area (Å²) in [6.07, 6.45) is 3.24. The van der Waals surface area contributed by atoms with Crippen LogP contribution in [0.2, 0.25) is 0 Å². The molecule has 1 unspecified atom stereocenters. The smallest absolute Gasteiger partial charge is 0.303 e. The van der Waals surface area contributed by atoms with Gasteiger partial charge in [-0.15, -0.1) is 0 Å². The number of carbonyl (C=O) groups excluding carboxylic acids is 2. The monoisotopic (exact) mass is 534 g/mol. The largest absolute Gasteiger partial charge is 0.455 e. The molecule has 0 aromatic rings. The average molecular weight is 535 g/mol. The summed E-state index contributed by atoms with van der Waals surface area (Å²) in [5.41, 5.74) is -1.19. The highest BCUT2D eigenvalue weighted by molar-refractivity contribution is 5.68. The number of ether oxygens (including phenoxy) is 2. The van der Waals surface area contributed by atoms with Crippen LogP contribution in [0.5, 0.6) is 0 Å². The summed E-state index contributed by atoms with van der Waals surface area (Å²) in [7, 11) is 0. The Morgan fingerprint density at radius 3 is 2.24 bits per heavy atom. The van der Waals surface area contributed by atoms with Gasteiger partial charge in [-0.2, -0.15) is 0 Å². The van der Waals surface area contributed by atoms with Gasteiger partial charge in [0.05, 0.1) is 12.2 Å². The zero-order chi connectivity index (χ0) is 28.2. The topological polar surface area (TPSA) is 113 Å². The molecule has 0 saturated heterocycles. The lowest BCUT2D eigenvalue weighted by molar-refractivity contribution is -0.236. The molecule has 3 N–H and O–H groups in total. The van der Waals surface area contributed by atoms with E-state index in [4.69, 9.17) is 9.47 Å². The van der Waals surface area contributed by atoms with Crippen LogP contribution in [0.25, 0.3) is 0 Å². The first kappa shape index (κ1) is 29.5. The molecule has 7 heteroatoms. The maximum Gasteiger partial charge on any atom is 0.303 e. The van der Waals surface area contributed by atoms with E-state index in [0.29, 0.717) is 37.0 Å². The van der Waals surface area contributed by atoms with Crippen molar-refractivity contribution >= 4 is 11.9 Å². The van der Waals surface area contributed by atoms with Crippen LogP contribution in [0.4, 0.5) is 0 Å². The van der Waals surface area contributed by atoms with Crippen LogP contribution in [-0.2, 0) is 19.1 Å². The molecule has 0 aromatic carbocycles. The number of fused-ring (bicyclic) bond motifs is 4. The van der Waals surface area contributed by atoms with Gasteiger partial charge in [0.25, 0.3) is 0 Å². The van der Waals surface area contributed by atoms with E-state index in [1.807, 2.05) is 6.92 Å². The summed E-state index contributed by atoms with van der Waals surface area (Å²) in [6, 6.07) is 0. The van der Waals surface area contributed by atoms with Crippen LogP contribution in [0.1, 0.15) is 106 Å². The van der Waals surface area contributed by atoms with E-state index in [2.05, 4.69) is 27.7 Å². The maximum absolute atomic E-state index is 12.4. The Hall–Kier alpha value is -1.44. The minimum atomic E-state index is -1.67. The molecule has 2 saturated carbocycles. The molecule has 10 atom stereocenters. The average Bonchev–Trinajstić information content (AvgIpc) is 3.13. The lowest BCUT2D eigenvalue weighted by Gasteiger charge is -2.62. The Labute approximate surface area is 228 Å². The van der Waals surface area contributed by atoms with Crippen molar-refractivity contribution in [3.8, 4) is 0 Å². The van der Waals surface area contributed by atoms with Crippen molar-refractivity contribution in [2.45, 2.75) is 136 Å². The number of hydrogen-bond donors (Lipinski definition) is 3. The predicted octanol–water partition coefficient (Wildman–Crippen LogP) is 4.70. The van der Waals surface area contributed by atoms with Crippen molar-refractivity contribution < 1.29 is 34.4 Å². The van der Waals surface area contributed by atoms with E-state index in [-0.39, 0.29) is 17.8 Å². The molecule has 4 aliphatic rings. The first-order valence-corrected chi connectivity index (χ1v) is 14.8. The van der Waals surface area contributed by atoms with Crippen molar-refractivity contribution in [3.63, 3.8) is 0 Å². The molecule has 0 spiro atoms. The minimum Gasteiger partial charge on any atom is -0.455 e. The first-order chi connectivity index (χ1) is 17.7. The van der Waals surface area contributed by atoms with Crippen LogP contribution in [-0.4, -0.2) is 57.3 Å². The van der Waals surface area contributed by atoms with Gasteiger partial charge in [-0.05, 0) is 72.3 Å². The Balaban J connectivity index is 1.83. The van der Waals surface area contributed by atoms with Crippen LogP contribution >= 0.6 is 0 Å². The molecule has 0 bridgehead atoms. The summed E-state index contributed by atoms with van der Waals surface area (Å²) >= 11 is 0. The second-order valence-corrected chi connectivity index (χ2v) is 13.8. The summed E-state index contributed by atoms with van der Waals surface area (Å²) in [6.45, 7) is 13.7. The predicted molar refractivity (Wildman–Crippen MR) is 144 cm³/mol. The van der Waals surface area contributed by atoms with Gasteiger partial charge in [0.1, 0.15) is 5.60 Å². The van der Waals surface area contributed by atoms with Crippen LogP contribution in [0.3, 0.4) is 0 Å². The first-order valence-electron chi connectivity index (χ1n) is 14.8. The maximum atomic E-state index is 12.4. The summed E-state index contributed by atoms with van der Waals surface area (Å²) in [5, 5.41) is 34.8. The number of aliphatic hydroxyl groups excluding tert-OH is 2. The molecular weight excluding hydrogens is 484 g/mol. The van der Waals surface area contributed by atoms with Crippen molar-refractivity contribution in [2.75, 3.05) is 0 Å². The van der Waals surface area contributed by atoms with Crippen molar-refractivity contribution in [3.05, 3.63) is 11.1 Å². The van der Waals surface area contributed by atoms with Crippen molar-refractivity contribution in [1.29, 1.82) is 0 Å². The van der Waals surface area contributed by atoms with Gasteiger partial charge < -0.3 is 24.8 Å². The zero-order valence-corrected chi connectivity index (χ0v) is 24.5. The second-order valence-electron chi connectivity index (χ2n) is 13.8. The fourth-order valence-corrected chi connectivity index (χ4v) is 9.20. The fourth-order valence-electron chi connectivity index (χ4n) is 9.20. The van der Waals surface area contributed by atoms with E-state index in [1.165, 1.54) is 26.7 Å². The standard InChI is InChI=1S/C31H50O7/c1-17(2)9-8-10-18(3)22-11-12-23-25-26(24(35)16-29(22,23)6)30(7)14-13-21(34)15-31(30,36)28(38-20(5)33)27(25)37-19(4)32/h17-18,21-24,27-28,34-36H,8-16H2,1-7H3/t18?,21-,22+,23-,24+,27-,28-,29+,30+,31-/m0/s1. The van der Waals surface area contributed by atoms with Crippen LogP contribution < -0.4 is 0 Å². The van der Waals surface area contributed by atoms with Gasteiger partial charge in [-0.25, -0.2) is 0 Å². The Bertz CT molecular complexity index is 958. The van der Waals surface area contributed by atoms with Gasteiger partial charge in [0, 0.05) is 25.7 Å². The van der Waals surface area contributed by atoms with E-state index < -0.39 is 47.4 Å². The van der Waals surface area contributed by atoms with Crippen molar-refractivity contribution in [2.24, 2.45) is 34.5 Å². The molecule has 2 fully saturated rings. The Morgan fingerprint density at radius 1 is 0.974 bits per heavy atom. The molecule has 4 rings (SSSR count). The normalized spacial score (nSPS) is 43.2. The molecule has 7 nitrogen and oxygen atoms in total. The molecule has 0 radical (unpaired) electrons. The van der Waals surface area contributed by atoms with Gasteiger partial charge in [-0.1, -0.05) is 53.9 Å². The van der Waals surface area contributed by atoms with Gasteiger partial charge in [0.15, 0.2) is 12.2 Å². The third-order valence-electron chi connectivity index (χ3n) is 10.9. The molecule has 0 aliphatic heterocycles. The molecule has 0 heterocycles. The van der Waals surface area contributed by atoms with E-state index in [0.717, 1.165) is 30.4 Å². The second kappa shape index (κ2) is 10.5. The number of carbonyl (C=O) groups is 2. The van der Waals surface area contributed by atoms with Gasteiger partial charge in [-0.3, -0.25) is 9.59 Å². The lowest BCUT2D eigenvalue weighted by Crippen LogP contribution is -2.70. The summed E-state index contributed by atoms with van der Waals surface area (Å²) in [4.78, 5) is 24.8. The molecule has 38 heavy (non-hydrogen) atoms. The quantitative estimate of drug-likeness (QED) is 0.320. The number of hydrogen-bond acceptors (Lipinski definition) is 7. The molecule has 4 aliphatic carbocycles. The molecule has 0 aromatic heterocycles. The van der Waals surface area contributed by atoms with Gasteiger partial charge in [0.2, 0.25) is 0 Å². The van der Waals surface area contributed by atoms with E-state index in [1.54, 1.807) is 0 Å². The van der Waals surface area contributed by atoms with Crippen LogP contribution in [0.15, 0.2) is 11.1 Å². The van der Waals surface area contributed by atoms with Crippen LogP contribution in [0, 0.1) is 34.5 Å². The Morgan fingerprint density at radius 2 is 1.63 bits per heavy atom. The fraction of sp³-hybridized carbons (Fsp3) is 0.871. The highest BCUT2D eigenvalue weighted by Gasteiger charge is 2.69. The molecule has 0 amide bonds. The number of rotatable bonds is 7. The highest BCUT2D eigenvalue weighted by atomic mass is 16.6. The third-order valence-corrected chi connectivity index (χ3v) is 10.9. The number of esters is 2. The molecule has 216 valence electrons.